The van der Waals surface area contributed by atoms with E-state index in [9.17, 15) is 9.18 Å². The van der Waals surface area contributed by atoms with E-state index in [1.807, 2.05) is 18.2 Å². The van der Waals surface area contributed by atoms with Crippen LogP contribution in [0.3, 0.4) is 0 Å². The molecule has 0 aliphatic heterocycles. The molecule has 0 aliphatic rings. The van der Waals surface area contributed by atoms with Gasteiger partial charge in [0.2, 0.25) is 5.91 Å². The lowest BCUT2D eigenvalue weighted by atomic mass is 10.2. The topological polar surface area (TPSA) is 72.7 Å². The highest BCUT2D eigenvalue weighted by Crippen LogP contribution is 2.23. The summed E-state index contributed by atoms with van der Waals surface area (Å²) in [7, 11) is 1.75. The Kier molecular flexibility index (Phi) is 5.39. The minimum absolute atomic E-state index is 0.128. The van der Waals surface area contributed by atoms with Crippen LogP contribution in [0.1, 0.15) is 6.42 Å². The number of nitrogens with zero attached hydrogens (tertiary/aromatic N) is 4. The highest BCUT2D eigenvalue weighted by Gasteiger charge is 2.09. The van der Waals surface area contributed by atoms with Gasteiger partial charge in [0.05, 0.1) is 0 Å². The minimum atomic E-state index is -0.266. The molecule has 2 aromatic carbocycles. The predicted molar refractivity (Wildman–Crippen MR) is 94.6 cm³/mol. The van der Waals surface area contributed by atoms with Gasteiger partial charge >= 0.3 is 0 Å². The molecule has 0 radical (unpaired) electrons. The van der Waals surface area contributed by atoms with Crippen molar-refractivity contribution in [1.82, 2.24) is 20.2 Å². The van der Waals surface area contributed by atoms with Gasteiger partial charge in [0.15, 0.2) is 5.82 Å². The number of carbonyl (C=O) groups is 1. The van der Waals surface area contributed by atoms with Gasteiger partial charge in [-0.1, -0.05) is 24.3 Å². The molecular weight excluding hydrogens is 341 g/mol. The van der Waals surface area contributed by atoms with Crippen molar-refractivity contribution < 1.29 is 9.18 Å². The SMILES string of the molecule is Cn1nnnc1-c1cccc(NC(=O)CCSc2ccccc2F)c1. The fourth-order valence-electron chi connectivity index (χ4n) is 2.25. The first-order valence-corrected chi connectivity index (χ1v) is 8.62. The summed E-state index contributed by atoms with van der Waals surface area (Å²) in [6.07, 6.45) is 0.286. The Morgan fingerprint density at radius 3 is 2.84 bits per heavy atom. The molecule has 0 fully saturated rings. The van der Waals surface area contributed by atoms with E-state index in [-0.39, 0.29) is 18.1 Å². The molecule has 6 nitrogen and oxygen atoms in total. The number of benzene rings is 2. The average Bonchev–Trinajstić information content (AvgIpc) is 3.03. The Labute approximate surface area is 148 Å². The number of anilines is 1. The van der Waals surface area contributed by atoms with Crippen molar-refractivity contribution >= 4 is 23.4 Å². The van der Waals surface area contributed by atoms with Gasteiger partial charge in [-0.25, -0.2) is 9.07 Å². The smallest absolute Gasteiger partial charge is 0.225 e. The van der Waals surface area contributed by atoms with Crippen molar-refractivity contribution in [2.24, 2.45) is 7.05 Å². The van der Waals surface area contributed by atoms with Crippen molar-refractivity contribution in [1.29, 1.82) is 0 Å². The van der Waals surface area contributed by atoms with Crippen molar-refractivity contribution in [3.8, 4) is 11.4 Å². The molecular formula is C17H16FN5OS. The molecule has 1 aromatic heterocycles. The number of hydrogen-bond donors (Lipinski definition) is 1. The second-order valence-electron chi connectivity index (χ2n) is 5.28. The third-order valence-electron chi connectivity index (χ3n) is 3.45. The summed E-state index contributed by atoms with van der Waals surface area (Å²) < 4.78 is 15.1. The number of halogens is 1. The van der Waals surface area contributed by atoms with Gasteiger partial charge in [0.25, 0.3) is 0 Å². The van der Waals surface area contributed by atoms with E-state index in [4.69, 9.17) is 0 Å². The van der Waals surface area contributed by atoms with Gasteiger partial charge in [0.1, 0.15) is 5.82 Å². The van der Waals surface area contributed by atoms with Crippen LogP contribution < -0.4 is 5.32 Å². The highest BCUT2D eigenvalue weighted by atomic mass is 32.2. The predicted octanol–water partition coefficient (Wildman–Crippen LogP) is 3.14. The number of hydrogen-bond acceptors (Lipinski definition) is 5. The molecule has 128 valence electrons. The number of carbonyl (C=O) groups excluding carboxylic acids is 1. The van der Waals surface area contributed by atoms with E-state index in [1.165, 1.54) is 17.8 Å². The molecule has 0 aliphatic carbocycles. The first-order valence-electron chi connectivity index (χ1n) is 7.63. The van der Waals surface area contributed by atoms with E-state index < -0.39 is 0 Å². The number of aryl methyl sites for hydroxylation is 1. The van der Waals surface area contributed by atoms with Crippen molar-refractivity contribution in [2.45, 2.75) is 11.3 Å². The van der Waals surface area contributed by atoms with Crippen LogP contribution in [0.15, 0.2) is 53.4 Å². The molecule has 1 N–H and O–H groups in total. The van der Waals surface area contributed by atoms with Crippen LogP contribution in [0.25, 0.3) is 11.4 Å². The van der Waals surface area contributed by atoms with E-state index in [2.05, 4.69) is 20.8 Å². The fourth-order valence-corrected chi connectivity index (χ4v) is 3.14. The molecule has 0 saturated heterocycles. The van der Waals surface area contributed by atoms with Crippen LogP contribution in [0, 0.1) is 5.82 Å². The van der Waals surface area contributed by atoms with Gasteiger partial charge < -0.3 is 5.32 Å². The number of amides is 1. The summed E-state index contributed by atoms with van der Waals surface area (Å²) in [5.41, 5.74) is 1.48. The largest absolute Gasteiger partial charge is 0.326 e. The third kappa shape index (κ3) is 4.42. The molecule has 0 bridgehead atoms. The van der Waals surface area contributed by atoms with E-state index >= 15 is 0 Å². The molecule has 0 unspecified atom stereocenters. The Hall–Kier alpha value is -2.74. The Balaban J connectivity index is 1.56. The lowest BCUT2D eigenvalue weighted by molar-refractivity contribution is -0.115. The van der Waals surface area contributed by atoms with Crippen LogP contribution in [0.4, 0.5) is 10.1 Å². The van der Waals surface area contributed by atoms with Crippen LogP contribution >= 0.6 is 11.8 Å². The first kappa shape index (κ1) is 17.1. The van der Waals surface area contributed by atoms with Crippen molar-refractivity contribution in [3.63, 3.8) is 0 Å². The van der Waals surface area contributed by atoms with E-state index in [1.54, 1.807) is 36.0 Å². The zero-order chi connectivity index (χ0) is 17.6. The molecule has 0 atom stereocenters. The van der Waals surface area contributed by atoms with Gasteiger partial charge in [-0.2, -0.15) is 0 Å². The average molecular weight is 357 g/mol. The number of tetrazole rings is 1. The maximum Gasteiger partial charge on any atom is 0.225 e. The number of nitrogens with one attached hydrogen (secondary N) is 1. The highest BCUT2D eigenvalue weighted by molar-refractivity contribution is 7.99. The van der Waals surface area contributed by atoms with Gasteiger partial charge in [0, 0.05) is 35.4 Å². The summed E-state index contributed by atoms with van der Waals surface area (Å²) in [5.74, 6) is 0.723. The normalized spacial score (nSPS) is 10.6. The number of aromatic nitrogens is 4. The van der Waals surface area contributed by atoms with Crippen LogP contribution in [0.2, 0.25) is 0 Å². The summed E-state index contributed by atoms with van der Waals surface area (Å²) in [5, 5.41) is 14.2. The van der Waals surface area contributed by atoms with Gasteiger partial charge in [-0.05, 0) is 34.7 Å². The van der Waals surface area contributed by atoms with Gasteiger partial charge in [-0.3, -0.25) is 4.79 Å². The Morgan fingerprint density at radius 1 is 1.24 bits per heavy atom. The molecule has 3 aromatic rings. The maximum atomic E-state index is 13.5. The third-order valence-corrected chi connectivity index (χ3v) is 4.50. The Bertz CT molecular complexity index is 883. The quantitative estimate of drug-likeness (QED) is 0.686. The molecule has 3 rings (SSSR count). The minimum Gasteiger partial charge on any atom is -0.326 e. The van der Waals surface area contributed by atoms with E-state index in [0.29, 0.717) is 22.2 Å². The van der Waals surface area contributed by atoms with Crippen molar-refractivity contribution in [3.05, 3.63) is 54.3 Å². The fraction of sp³-hybridized carbons (Fsp3) is 0.176. The second kappa shape index (κ2) is 7.89. The molecule has 25 heavy (non-hydrogen) atoms. The molecule has 0 saturated carbocycles. The summed E-state index contributed by atoms with van der Waals surface area (Å²) in [6, 6.07) is 13.8. The maximum absolute atomic E-state index is 13.5. The first-order chi connectivity index (χ1) is 12.1. The zero-order valence-electron chi connectivity index (χ0n) is 13.5. The van der Waals surface area contributed by atoms with E-state index in [0.717, 1.165) is 5.56 Å². The lowest BCUT2D eigenvalue weighted by Crippen LogP contribution is -2.12. The zero-order valence-corrected chi connectivity index (χ0v) is 14.3. The van der Waals surface area contributed by atoms with Crippen LogP contribution in [-0.2, 0) is 11.8 Å². The summed E-state index contributed by atoms with van der Waals surface area (Å²) in [6.45, 7) is 0. The molecule has 0 spiro atoms. The van der Waals surface area contributed by atoms with Crippen LogP contribution in [-0.4, -0.2) is 31.9 Å². The van der Waals surface area contributed by atoms with Gasteiger partial charge in [-0.15, -0.1) is 16.9 Å². The summed E-state index contributed by atoms with van der Waals surface area (Å²) >= 11 is 1.32. The second-order valence-corrected chi connectivity index (χ2v) is 6.42. The standard InChI is InChI=1S/C17H16FN5OS/c1-23-17(20-21-22-23)12-5-4-6-13(11-12)19-16(24)9-10-25-15-8-3-2-7-14(15)18/h2-8,11H,9-10H2,1H3,(H,19,24). The summed E-state index contributed by atoms with van der Waals surface area (Å²) in [4.78, 5) is 12.6. The van der Waals surface area contributed by atoms with Crippen LogP contribution in [0.5, 0.6) is 0 Å². The number of rotatable bonds is 6. The monoisotopic (exact) mass is 357 g/mol. The van der Waals surface area contributed by atoms with Crippen molar-refractivity contribution in [2.75, 3.05) is 11.1 Å². The number of thioether (sulfide) groups is 1. The lowest BCUT2D eigenvalue weighted by Gasteiger charge is -2.07. The Morgan fingerprint density at radius 2 is 2.08 bits per heavy atom. The molecule has 8 heteroatoms. The molecule has 1 heterocycles. The molecule has 1 amide bonds.